The van der Waals surface area contributed by atoms with Gasteiger partial charge in [-0.05, 0) is 11.6 Å². The molecule has 1 saturated heterocycles. The Kier molecular flexibility index (Phi) is 4.44. The van der Waals surface area contributed by atoms with Gasteiger partial charge in [-0.3, -0.25) is 14.5 Å². The Morgan fingerprint density at radius 2 is 2.23 bits per heavy atom. The van der Waals surface area contributed by atoms with Gasteiger partial charge in [0.1, 0.15) is 12.7 Å². The van der Waals surface area contributed by atoms with Gasteiger partial charge in [0.15, 0.2) is 5.13 Å². The first-order valence-corrected chi connectivity index (χ1v) is 9.01. The van der Waals surface area contributed by atoms with Gasteiger partial charge in [-0.25, -0.2) is 14.6 Å². The quantitative estimate of drug-likeness (QED) is 0.735. The molecule has 0 radical (unpaired) electrons. The highest BCUT2D eigenvalue weighted by molar-refractivity contribution is 7.13. The lowest BCUT2D eigenvalue weighted by Crippen LogP contribution is -2.32. The van der Waals surface area contributed by atoms with E-state index in [9.17, 15) is 9.59 Å². The first-order chi connectivity index (χ1) is 12.7. The van der Waals surface area contributed by atoms with E-state index in [1.165, 1.54) is 17.7 Å². The van der Waals surface area contributed by atoms with E-state index in [1.807, 2.05) is 29.6 Å². The highest BCUT2D eigenvalue weighted by atomic mass is 32.1. The van der Waals surface area contributed by atoms with Gasteiger partial charge >= 0.3 is 0 Å². The van der Waals surface area contributed by atoms with Crippen LogP contribution in [0.5, 0.6) is 0 Å². The van der Waals surface area contributed by atoms with Gasteiger partial charge in [0.25, 0.3) is 0 Å². The van der Waals surface area contributed by atoms with Crippen molar-refractivity contribution in [3.05, 3.63) is 54.1 Å². The predicted molar refractivity (Wildman–Crippen MR) is 95.8 cm³/mol. The third-order valence-electron chi connectivity index (χ3n) is 4.26. The minimum absolute atomic E-state index is 0.0666. The molecule has 9 heteroatoms. The molecule has 1 aliphatic heterocycles. The number of amides is 2. The van der Waals surface area contributed by atoms with E-state index in [0.717, 1.165) is 11.3 Å². The molecule has 1 atom stereocenters. The number of benzene rings is 1. The number of nitrogens with one attached hydrogen (secondary N) is 1. The molecule has 1 aliphatic rings. The van der Waals surface area contributed by atoms with Crippen LogP contribution in [0.15, 0.2) is 48.5 Å². The Morgan fingerprint density at radius 3 is 3.00 bits per heavy atom. The van der Waals surface area contributed by atoms with Crippen LogP contribution in [0, 0.1) is 5.92 Å². The molecule has 1 fully saturated rings. The smallest absolute Gasteiger partial charge is 0.229 e. The number of rotatable bonds is 5. The van der Waals surface area contributed by atoms with Crippen molar-refractivity contribution in [2.45, 2.75) is 13.0 Å². The number of anilines is 1. The average Bonchev–Trinajstić information content (AvgIpc) is 3.40. The summed E-state index contributed by atoms with van der Waals surface area (Å²) in [6, 6.07) is 7.66. The van der Waals surface area contributed by atoms with Crippen LogP contribution in [0.2, 0.25) is 0 Å². The van der Waals surface area contributed by atoms with Crippen molar-refractivity contribution in [3.63, 3.8) is 0 Å². The van der Waals surface area contributed by atoms with Crippen molar-refractivity contribution in [1.29, 1.82) is 0 Å². The van der Waals surface area contributed by atoms with Crippen LogP contribution >= 0.6 is 11.3 Å². The van der Waals surface area contributed by atoms with Crippen LogP contribution in [0.4, 0.5) is 5.13 Å². The van der Waals surface area contributed by atoms with Crippen molar-refractivity contribution in [3.8, 4) is 5.69 Å². The average molecular weight is 368 g/mol. The normalized spacial score (nSPS) is 16.8. The maximum absolute atomic E-state index is 12.5. The van der Waals surface area contributed by atoms with E-state index in [2.05, 4.69) is 20.4 Å². The molecule has 4 rings (SSSR count). The lowest BCUT2D eigenvalue weighted by Gasteiger charge is -2.14. The molecule has 1 unspecified atom stereocenters. The molecule has 0 saturated carbocycles. The largest absolute Gasteiger partial charge is 0.352 e. The predicted octanol–water partition coefficient (Wildman–Crippen LogP) is 1.39. The van der Waals surface area contributed by atoms with E-state index in [4.69, 9.17) is 0 Å². The fourth-order valence-corrected chi connectivity index (χ4v) is 3.63. The van der Waals surface area contributed by atoms with Gasteiger partial charge in [0.2, 0.25) is 11.8 Å². The number of thiazole rings is 1. The van der Waals surface area contributed by atoms with Crippen molar-refractivity contribution >= 4 is 28.3 Å². The summed E-state index contributed by atoms with van der Waals surface area (Å²) >= 11 is 1.39. The van der Waals surface area contributed by atoms with E-state index < -0.39 is 0 Å². The molecule has 0 bridgehead atoms. The van der Waals surface area contributed by atoms with Crippen LogP contribution in [-0.2, 0) is 16.1 Å². The van der Waals surface area contributed by atoms with Crippen LogP contribution in [0.25, 0.3) is 5.69 Å². The number of hydrogen-bond acceptors (Lipinski definition) is 6. The van der Waals surface area contributed by atoms with Crippen molar-refractivity contribution in [2.75, 3.05) is 11.4 Å². The van der Waals surface area contributed by atoms with Gasteiger partial charge in [-0.15, -0.1) is 11.3 Å². The number of carbonyl (C=O) groups is 2. The number of hydrogen-bond donors (Lipinski definition) is 1. The van der Waals surface area contributed by atoms with E-state index >= 15 is 0 Å². The Bertz CT molecular complexity index is 909. The SMILES string of the molecule is O=C(NCc1ccccc1-n1cncn1)C1CC(=O)N(c2nccs2)C1. The zero-order valence-corrected chi connectivity index (χ0v) is 14.6. The molecule has 2 amide bonds. The summed E-state index contributed by atoms with van der Waals surface area (Å²) in [6.45, 7) is 0.722. The molecule has 8 nitrogen and oxygen atoms in total. The van der Waals surface area contributed by atoms with Crippen molar-refractivity contribution in [2.24, 2.45) is 5.92 Å². The standard InChI is InChI=1S/C17H16N6O2S/c24-15-7-13(9-22(15)17-19-5-6-26-17)16(25)20-8-12-3-1-2-4-14(12)23-11-18-10-21-23/h1-6,10-11,13H,7-9H2,(H,20,25). The first-order valence-electron chi connectivity index (χ1n) is 8.13. The molecule has 2 aromatic heterocycles. The summed E-state index contributed by atoms with van der Waals surface area (Å²) < 4.78 is 1.66. The minimum Gasteiger partial charge on any atom is -0.352 e. The summed E-state index contributed by atoms with van der Waals surface area (Å²) in [5.41, 5.74) is 1.78. The zero-order chi connectivity index (χ0) is 17.9. The molecule has 1 N–H and O–H groups in total. The molecule has 0 aliphatic carbocycles. The van der Waals surface area contributed by atoms with Crippen LogP contribution in [0.3, 0.4) is 0 Å². The summed E-state index contributed by atoms with van der Waals surface area (Å²) in [7, 11) is 0. The second-order valence-corrected chi connectivity index (χ2v) is 6.78. The highest BCUT2D eigenvalue weighted by Crippen LogP contribution is 2.26. The Morgan fingerprint density at radius 1 is 1.35 bits per heavy atom. The lowest BCUT2D eigenvalue weighted by atomic mass is 10.1. The van der Waals surface area contributed by atoms with E-state index in [-0.39, 0.29) is 24.2 Å². The number of carbonyl (C=O) groups excluding carboxylic acids is 2. The summed E-state index contributed by atoms with van der Waals surface area (Å²) in [5, 5.41) is 9.53. The molecule has 3 aromatic rings. The number of aromatic nitrogens is 4. The van der Waals surface area contributed by atoms with Gasteiger partial charge in [-0.1, -0.05) is 18.2 Å². The minimum atomic E-state index is -0.370. The highest BCUT2D eigenvalue weighted by Gasteiger charge is 2.36. The van der Waals surface area contributed by atoms with Crippen molar-refractivity contribution < 1.29 is 9.59 Å². The molecule has 1 aromatic carbocycles. The Hall–Kier alpha value is -3.07. The Balaban J connectivity index is 1.42. The summed E-state index contributed by atoms with van der Waals surface area (Å²) in [6.07, 6.45) is 4.94. The first kappa shape index (κ1) is 16.4. The molecule has 0 spiro atoms. The summed E-state index contributed by atoms with van der Waals surface area (Å²) in [4.78, 5) is 34.4. The fraction of sp³-hybridized carbons (Fsp3) is 0.235. The zero-order valence-electron chi connectivity index (χ0n) is 13.8. The van der Waals surface area contributed by atoms with E-state index in [1.54, 1.807) is 22.1 Å². The van der Waals surface area contributed by atoms with Gasteiger partial charge in [-0.2, -0.15) is 5.10 Å². The van der Waals surface area contributed by atoms with Gasteiger partial charge < -0.3 is 5.32 Å². The second-order valence-electron chi connectivity index (χ2n) is 5.91. The third kappa shape index (κ3) is 3.21. The topological polar surface area (TPSA) is 93.0 Å². The maximum atomic E-state index is 12.5. The van der Waals surface area contributed by atoms with Gasteiger partial charge in [0, 0.05) is 31.1 Å². The second kappa shape index (κ2) is 7.04. The monoisotopic (exact) mass is 368 g/mol. The number of para-hydroxylation sites is 1. The third-order valence-corrected chi connectivity index (χ3v) is 5.05. The Labute approximate surface area is 153 Å². The molecule has 3 heterocycles. The van der Waals surface area contributed by atoms with E-state index in [0.29, 0.717) is 18.2 Å². The molecular formula is C17H16N6O2S. The lowest BCUT2D eigenvalue weighted by molar-refractivity contribution is -0.126. The van der Waals surface area contributed by atoms with Gasteiger partial charge in [0.05, 0.1) is 11.6 Å². The number of nitrogens with zero attached hydrogens (tertiary/aromatic N) is 5. The van der Waals surface area contributed by atoms with Crippen LogP contribution in [0.1, 0.15) is 12.0 Å². The van der Waals surface area contributed by atoms with Crippen molar-refractivity contribution in [1.82, 2.24) is 25.1 Å². The molecule has 132 valence electrons. The molecular weight excluding hydrogens is 352 g/mol. The summed E-state index contributed by atoms with van der Waals surface area (Å²) in [5.74, 6) is -0.571. The van der Waals surface area contributed by atoms with Crippen LogP contribution < -0.4 is 10.2 Å². The van der Waals surface area contributed by atoms with Crippen LogP contribution in [-0.4, -0.2) is 38.1 Å². The fourth-order valence-electron chi connectivity index (χ4n) is 2.96. The maximum Gasteiger partial charge on any atom is 0.229 e. The molecule has 26 heavy (non-hydrogen) atoms.